The zero-order valence-corrected chi connectivity index (χ0v) is 10.4. The SMILES string of the molecule is CNC(CC1CNCCO1)c1ccc(F)cc1F. The Morgan fingerprint density at radius 1 is 1.50 bits per heavy atom. The molecular formula is C13H18F2N2O. The van der Waals surface area contributed by atoms with Gasteiger partial charge in [0.25, 0.3) is 0 Å². The normalized spacial score (nSPS) is 21.8. The highest BCUT2D eigenvalue weighted by Crippen LogP contribution is 2.23. The first-order chi connectivity index (χ1) is 8.70. The summed E-state index contributed by atoms with van der Waals surface area (Å²) >= 11 is 0. The number of hydrogen-bond acceptors (Lipinski definition) is 3. The lowest BCUT2D eigenvalue weighted by atomic mass is 9.99. The van der Waals surface area contributed by atoms with Crippen molar-refractivity contribution >= 4 is 0 Å². The molecule has 1 fully saturated rings. The molecule has 3 nitrogen and oxygen atoms in total. The van der Waals surface area contributed by atoms with Crippen LogP contribution in [0.1, 0.15) is 18.0 Å². The summed E-state index contributed by atoms with van der Waals surface area (Å²) in [6.45, 7) is 2.29. The van der Waals surface area contributed by atoms with Crippen LogP contribution in [-0.4, -0.2) is 32.8 Å². The maximum Gasteiger partial charge on any atom is 0.130 e. The molecule has 1 saturated heterocycles. The summed E-state index contributed by atoms with van der Waals surface area (Å²) in [5.41, 5.74) is 0.480. The second kappa shape index (κ2) is 6.22. The summed E-state index contributed by atoms with van der Waals surface area (Å²) in [4.78, 5) is 0. The summed E-state index contributed by atoms with van der Waals surface area (Å²) in [6, 6.07) is 3.51. The Kier molecular flexibility index (Phi) is 4.63. The molecule has 2 unspecified atom stereocenters. The molecule has 1 aromatic rings. The van der Waals surface area contributed by atoms with E-state index in [1.165, 1.54) is 12.1 Å². The van der Waals surface area contributed by atoms with Crippen molar-refractivity contribution in [2.45, 2.75) is 18.6 Å². The fraction of sp³-hybridized carbons (Fsp3) is 0.538. The van der Waals surface area contributed by atoms with Crippen molar-refractivity contribution < 1.29 is 13.5 Å². The smallest absolute Gasteiger partial charge is 0.130 e. The van der Waals surface area contributed by atoms with Crippen molar-refractivity contribution in [1.82, 2.24) is 10.6 Å². The molecular weight excluding hydrogens is 238 g/mol. The van der Waals surface area contributed by atoms with Crippen LogP contribution in [0.15, 0.2) is 18.2 Å². The molecule has 0 saturated carbocycles. The lowest BCUT2D eigenvalue weighted by Crippen LogP contribution is -2.40. The highest BCUT2D eigenvalue weighted by atomic mass is 19.1. The van der Waals surface area contributed by atoms with Gasteiger partial charge in [-0.15, -0.1) is 0 Å². The van der Waals surface area contributed by atoms with Crippen LogP contribution in [0, 0.1) is 11.6 Å². The lowest BCUT2D eigenvalue weighted by Gasteiger charge is -2.27. The van der Waals surface area contributed by atoms with E-state index in [0.717, 1.165) is 19.2 Å². The largest absolute Gasteiger partial charge is 0.376 e. The molecule has 1 aromatic carbocycles. The number of ether oxygens (including phenoxy) is 1. The second-order valence-corrected chi connectivity index (χ2v) is 4.44. The van der Waals surface area contributed by atoms with Crippen LogP contribution >= 0.6 is 0 Å². The Morgan fingerprint density at radius 2 is 2.33 bits per heavy atom. The van der Waals surface area contributed by atoms with E-state index in [2.05, 4.69) is 10.6 Å². The minimum Gasteiger partial charge on any atom is -0.376 e. The predicted molar refractivity (Wildman–Crippen MR) is 65.4 cm³/mol. The first-order valence-electron chi connectivity index (χ1n) is 6.15. The van der Waals surface area contributed by atoms with Crippen LogP contribution in [-0.2, 0) is 4.74 Å². The summed E-state index contributed by atoms with van der Waals surface area (Å²) in [6.07, 6.45) is 0.715. The summed E-state index contributed by atoms with van der Waals surface area (Å²) in [5.74, 6) is -1.07. The molecule has 100 valence electrons. The molecule has 2 N–H and O–H groups in total. The van der Waals surface area contributed by atoms with Crippen molar-refractivity contribution in [2.75, 3.05) is 26.7 Å². The van der Waals surface area contributed by atoms with Crippen LogP contribution < -0.4 is 10.6 Å². The minimum atomic E-state index is -0.554. The van der Waals surface area contributed by atoms with Crippen molar-refractivity contribution in [1.29, 1.82) is 0 Å². The third kappa shape index (κ3) is 3.25. The van der Waals surface area contributed by atoms with E-state index < -0.39 is 11.6 Å². The van der Waals surface area contributed by atoms with Gasteiger partial charge in [-0.1, -0.05) is 6.07 Å². The van der Waals surface area contributed by atoms with E-state index in [4.69, 9.17) is 4.74 Å². The molecule has 5 heteroatoms. The number of nitrogens with one attached hydrogen (secondary N) is 2. The van der Waals surface area contributed by atoms with E-state index in [0.29, 0.717) is 18.6 Å². The van der Waals surface area contributed by atoms with Gasteiger partial charge in [-0.05, 0) is 19.5 Å². The van der Waals surface area contributed by atoms with Crippen LogP contribution in [0.2, 0.25) is 0 Å². The van der Waals surface area contributed by atoms with Crippen molar-refractivity contribution in [2.24, 2.45) is 0 Å². The average molecular weight is 256 g/mol. The van der Waals surface area contributed by atoms with Gasteiger partial charge in [-0.2, -0.15) is 0 Å². The van der Waals surface area contributed by atoms with Gasteiger partial charge in [0.2, 0.25) is 0 Å². The molecule has 0 aliphatic carbocycles. The van der Waals surface area contributed by atoms with Gasteiger partial charge in [-0.25, -0.2) is 8.78 Å². The highest BCUT2D eigenvalue weighted by Gasteiger charge is 2.21. The zero-order chi connectivity index (χ0) is 13.0. The van der Waals surface area contributed by atoms with Gasteiger partial charge >= 0.3 is 0 Å². The first-order valence-corrected chi connectivity index (χ1v) is 6.15. The molecule has 1 aliphatic heterocycles. The first kappa shape index (κ1) is 13.4. The molecule has 0 radical (unpaired) electrons. The number of rotatable bonds is 4. The van der Waals surface area contributed by atoms with Crippen LogP contribution in [0.4, 0.5) is 8.78 Å². The molecule has 18 heavy (non-hydrogen) atoms. The predicted octanol–water partition coefficient (Wildman–Crippen LogP) is 1.60. The summed E-state index contributed by atoms with van der Waals surface area (Å²) in [5, 5.41) is 6.29. The van der Waals surface area contributed by atoms with E-state index in [9.17, 15) is 8.78 Å². The third-order valence-electron chi connectivity index (χ3n) is 3.19. The zero-order valence-electron chi connectivity index (χ0n) is 10.4. The molecule has 2 rings (SSSR count). The van der Waals surface area contributed by atoms with Crippen molar-refractivity contribution in [3.8, 4) is 0 Å². The molecule has 0 amide bonds. The minimum absolute atomic E-state index is 0.0562. The number of benzene rings is 1. The van der Waals surface area contributed by atoms with E-state index >= 15 is 0 Å². The van der Waals surface area contributed by atoms with Gasteiger partial charge in [0, 0.05) is 30.8 Å². The highest BCUT2D eigenvalue weighted by molar-refractivity contribution is 5.22. The fourth-order valence-electron chi connectivity index (χ4n) is 2.22. The Hall–Kier alpha value is -1.04. The van der Waals surface area contributed by atoms with E-state index in [1.54, 1.807) is 7.05 Å². The summed E-state index contributed by atoms with van der Waals surface area (Å²) in [7, 11) is 1.77. The van der Waals surface area contributed by atoms with Gasteiger partial charge in [0.05, 0.1) is 12.7 Å². The van der Waals surface area contributed by atoms with Gasteiger partial charge in [-0.3, -0.25) is 0 Å². The maximum absolute atomic E-state index is 13.7. The van der Waals surface area contributed by atoms with Crippen LogP contribution in [0.5, 0.6) is 0 Å². The van der Waals surface area contributed by atoms with E-state index in [-0.39, 0.29) is 12.1 Å². The van der Waals surface area contributed by atoms with E-state index in [1.807, 2.05) is 0 Å². The maximum atomic E-state index is 13.7. The number of hydrogen-bond donors (Lipinski definition) is 2. The van der Waals surface area contributed by atoms with Crippen molar-refractivity contribution in [3.05, 3.63) is 35.4 Å². The van der Waals surface area contributed by atoms with Crippen LogP contribution in [0.25, 0.3) is 0 Å². The Morgan fingerprint density at radius 3 is 2.94 bits per heavy atom. The molecule has 0 spiro atoms. The standard InChI is InChI=1S/C13H18F2N2O/c1-16-13(7-10-8-17-4-5-18-10)11-3-2-9(14)6-12(11)15/h2-3,6,10,13,16-17H,4-5,7-8H2,1H3. The van der Waals surface area contributed by atoms with Gasteiger partial charge in [0.15, 0.2) is 0 Å². The molecule has 0 aromatic heterocycles. The molecule has 2 atom stereocenters. The quantitative estimate of drug-likeness (QED) is 0.858. The van der Waals surface area contributed by atoms with Gasteiger partial charge in [0.1, 0.15) is 11.6 Å². The van der Waals surface area contributed by atoms with Gasteiger partial charge < -0.3 is 15.4 Å². The lowest BCUT2D eigenvalue weighted by molar-refractivity contribution is 0.0174. The Balaban J connectivity index is 2.07. The third-order valence-corrected chi connectivity index (χ3v) is 3.19. The molecule has 0 bridgehead atoms. The second-order valence-electron chi connectivity index (χ2n) is 4.44. The Bertz CT molecular complexity index is 395. The number of morpholine rings is 1. The monoisotopic (exact) mass is 256 g/mol. The van der Waals surface area contributed by atoms with Crippen molar-refractivity contribution in [3.63, 3.8) is 0 Å². The average Bonchev–Trinajstić information content (AvgIpc) is 2.38. The molecule has 1 heterocycles. The Labute approximate surface area is 106 Å². The fourth-order valence-corrected chi connectivity index (χ4v) is 2.22. The summed E-state index contributed by atoms with van der Waals surface area (Å²) < 4.78 is 32.2. The topological polar surface area (TPSA) is 33.3 Å². The number of halogens is 2. The van der Waals surface area contributed by atoms with Crippen LogP contribution in [0.3, 0.4) is 0 Å². The molecule has 1 aliphatic rings.